The smallest absolute Gasteiger partial charge is 0.278 e. The Bertz CT molecular complexity index is 1100. The monoisotopic (exact) mass is 445 g/mol. The van der Waals surface area contributed by atoms with Crippen molar-refractivity contribution < 1.29 is 22.7 Å². The fourth-order valence-corrected chi connectivity index (χ4v) is 4.34. The average Bonchev–Trinajstić information content (AvgIpc) is 2.75. The van der Waals surface area contributed by atoms with E-state index in [0.717, 1.165) is 4.31 Å². The van der Waals surface area contributed by atoms with Crippen molar-refractivity contribution in [2.24, 2.45) is 0 Å². The summed E-state index contributed by atoms with van der Waals surface area (Å²) in [5, 5.41) is 0.323. The van der Waals surface area contributed by atoms with Crippen LogP contribution in [0.15, 0.2) is 83.8 Å². The lowest BCUT2D eigenvalue weighted by Crippen LogP contribution is -2.40. The summed E-state index contributed by atoms with van der Waals surface area (Å²) in [5.41, 5.74) is 0.176. The Morgan fingerprint density at radius 2 is 1.53 bits per heavy atom. The lowest BCUT2D eigenvalue weighted by molar-refractivity contribution is -0.119. The molecule has 0 aliphatic heterocycles. The summed E-state index contributed by atoms with van der Waals surface area (Å²) in [6, 6.07) is 20.6. The summed E-state index contributed by atoms with van der Waals surface area (Å²) >= 11 is 6.06. The first-order chi connectivity index (χ1) is 14.4. The highest BCUT2D eigenvalue weighted by Crippen LogP contribution is 2.27. The van der Waals surface area contributed by atoms with Gasteiger partial charge in [-0.1, -0.05) is 41.9 Å². The van der Waals surface area contributed by atoms with Gasteiger partial charge in [0.15, 0.2) is 6.61 Å². The quantitative estimate of drug-likeness (QED) is 0.509. The summed E-state index contributed by atoms with van der Waals surface area (Å²) in [7, 11) is -4.16. The van der Waals surface area contributed by atoms with Gasteiger partial charge in [0.25, 0.3) is 15.9 Å². The number of carbonyl (C=O) groups excluding carboxylic acids is 1. The predicted octanol–water partition coefficient (Wildman–Crippen LogP) is 4.54. The molecule has 30 heavy (non-hydrogen) atoms. The zero-order valence-electron chi connectivity index (χ0n) is 16.2. The van der Waals surface area contributed by atoms with Gasteiger partial charge in [0.1, 0.15) is 11.5 Å². The van der Waals surface area contributed by atoms with Crippen molar-refractivity contribution in [2.75, 3.05) is 17.5 Å². The molecule has 0 spiro atoms. The lowest BCUT2D eigenvalue weighted by Gasteiger charge is -2.23. The minimum Gasteiger partial charge on any atom is -0.494 e. The topological polar surface area (TPSA) is 72.9 Å². The first-order valence-electron chi connectivity index (χ1n) is 9.17. The third-order valence-electron chi connectivity index (χ3n) is 4.08. The van der Waals surface area contributed by atoms with Crippen LogP contribution in [0.1, 0.15) is 6.92 Å². The molecule has 3 aromatic carbocycles. The molecule has 0 aliphatic rings. The van der Waals surface area contributed by atoms with E-state index < -0.39 is 22.5 Å². The van der Waals surface area contributed by atoms with E-state index in [1.54, 1.807) is 54.6 Å². The molecule has 0 aromatic heterocycles. The van der Waals surface area contributed by atoms with Crippen LogP contribution < -0.4 is 13.8 Å². The van der Waals surface area contributed by atoms with Crippen molar-refractivity contribution in [1.82, 2.24) is 0 Å². The lowest BCUT2D eigenvalue weighted by atomic mass is 10.3. The van der Waals surface area contributed by atoms with E-state index in [-0.39, 0.29) is 16.3 Å². The van der Waals surface area contributed by atoms with Crippen LogP contribution >= 0.6 is 11.6 Å². The van der Waals surface area contributed by atoms with Gasteiger partial charge in [0, 0.05) is 0 Å². The minimum atomic E-state index is -4.16. The van der Waals surface area contributed by atoms with Crippen LogP contribution in [0, 0.1) is 0 Å². The number of benzene rings is 3. The highest BCUT2D eigenvalue weighted by molar-refractivity contribution is 7.93. The van der Waals surface area contributed by atoms with Crippen molar-refractivity contribution in [3.63, 3.8) is 0 Å². The molecule has 0 fully saturated rings. The van der Waals surface area contributed by atoms with Crippen LogP contribution in [0.25, 0.3) is 0 Å². The van der Waals surface area contributed by atoms with Crippen LogP contribution in [-0.2, 0) is 14.8 Å². The van der Waals surface area contributed by atoms with E-state index in [2.05, 4.69) is 0 Å². The first-order valence-corrected chi connectivity index (χ1v) is 11.0. The number of rotatable bonds is 8. The molecule has 1 amide bonds. The van der Waals surface area contributed by atoms with Gasteiger partial charge in [0.05, 0.1) is 22.2 Å². The Morgan fingerprint density at radius 1 is 0.900 bits per heavy atom. The van der Waals surface area contributed by atoms with Gasteiger partial charge in [-0.05, 0) is 55.5 Å². The van der Waals surface area contributed by atoms with Crippen LogP contribution in [0.3, 0.4) is 0 Å². The fourth-order valence-electron chi connectivity index (χ4n) is 2.72. The second kappa shape index (κ2) is 9.65. The van der Waals surface area contributed by atoms with Crippen LogP contribution in [-0.4, -0.2) is 27.5 Å². The number of carbonyl (C=O) groups is 1. The molecule has 6 nitrogen and oxygen atoms in total. The fraction of sp³-hybridized carbons (Fsp3) is 0.136. The zero-order valence-corrected chi connectivity index (χ0v) is 17.8. The third kappa shape index (κ3) is 4.93. The van der Waals surface area contributed by atoms with E-state index in [0.29, 0.717) is 17.4 Å². The maximum Gasteiger partial charge on any atom is 0.278 e. The summed E-state index contributed by atoms with van der Waals surface area (Å²) in [5.74, 6) is 0.0947. The molecule has 0 bridgehead atoms. The average molecular weight is 446 g/mol. The molecular weight excluding hydrogens is 426 g/mol. The second-order valence-corrected chi connectivity index (χ2v) is 8.32. The summed E-state index contributed by atoms with van der Waals surface area (Å²) in [6.45, 7) is 1.80. The largest absolute Gasteiger partial charge is 0.494 e. The van der Waals surface area contributed by atoms with Gasteiger partial charge < -0.3 is 9.47 Å². The van der Waals surface area contributed by atoms with Crippen molar-refractivity contribution in [3.8, 4) is 11.5 Å². The Labute approximate surface area is 180 Å². The molecule has 156 valence electrons. The number of hydrogen-bond acceptors (Lipinski definition) is 5. The van der Waals surface area contributed by atoms with E-state index in [9.17, 15) is 13.2 Å². The molecule has 3 rings (SSSR count). The Hall–Kier alpha value is -3.03. The number of hydrogen-bond donors (Lipinski definition) is 0. The van der Waals surface area contributed by atoms with E-state index in [1.807, 2.05) is 6.92 Å². The molecular formula is C22H20ClNO5S. The molecule has 8 heteroatoms. The maximum atomic E-state index is 13.3. The van der Waals surface area contributed by atoms with Crippen LogP contribution in [0.4, 0.5) is 5.69 Å². The van der Waals surface area contributed by atoms with Crippen molar-refractivity contribution in [1.29, 1.82) is 0 Å². The normalized spacial score (nSPS) is 11.0. The SMILES string of the molecule is CCOc1ccc(N(C(=O)COc2ccccc2Cl)S(=O)(=O)c2ccccc2)cc1. The van der Waals surface area contributed by atoms with Gasteiger partial charge >= 0.3 is 0 Å². The van der Waals surface area contributed by atoms with E-state index in [4.69, 9.17) is 21.1 Å². The summed E-state index contributed by atoms with van der Waals surface area (Å²) in [4.78, 5) is 13.0. The number of para-hydroxylation sites is 1. The number of amides is 1. The molecule has 0 aliphatic carbocycles. The minimum absolute atomic E-state index is 0.00928. The number of nitrogens with zero attached hydrogens (tertiary/aromatic N) is 1. The number of anilines is 1. The van der Waals surface area contributed by atoms with Gasteiger partial charge in [-0.2, -0.15) is 4.31 Å². The highest BCUT2D eigenvalue weighted by atomic mass is 35.5. The maximum absolute atomic E-state index is 13.3. The zero-order chi connectivity index (χ0) is 21.6. The third-order valence-corrected chi connectivity index (χ3v) is 6.15. The van der Waals surface area contributed by atoms with Gasteiger partial charge in [0.2, 0.25) is 0 Å². The Morgan fingerprint density at radius 3 is 2.17 bits per heavy atom. The summed E-state index contributed by atoms with van der Waals surface area (Å²) < 4.78 is 38.1. The molecule has 0 heterocycles. The standard InChI is InChI=1S/C22H20ClNO5S/c1-2-28-18-14-12-17(13-15-18)24(30(26,27)19-8-4-3-5-9-19)22(25)16-29-21-11-7-6-10-20(21)23/h3-15H,2,16H2,1H3. The van der Waals surface area contributed by atoms with Gasteiger partial charge in [-0.15, -0.1) is 0 Å². The number of ether oxygens (including phenoxy) is 2. The first kappa shape index (κ1) is 21.7. The second-order valence-electron chi connectivity index (χ2n) is 6.12. The molecule has 3 aromatic rings. The van der Waals surface area contributed by atoms with E-state index >= 15 is 0 Å². The molecule has 0 radical (unpaired) electrons. The summed E-state index contributed by atoms with van der Waals surface area (Å²) in [6.07, 6.45) is 0. The van der Waals surface area contributed by atoms with Crippen molar-refractivity contribution in [2.45, 2.75) is 11.8 Å². The Kier molecular flexibility index (Phi) is 6.97. The van der Waals surface area contributed by atoms with Gasteiger partial charge in [-0.3, -0.25) is 4.79 Å². The molecule has 0 saturated heterocycles. The van der Waals surface area contributed by atoms with Crippen molar-refractivity contribution in [3.05, 3.63) is 83.9 Å². The van der Waals surface area contributed by atoms with Crippen LogP contribution in [0.5, 0.6) is 11.5 Å². The van der Waals surface area contributed by atoms with Crippen molar-refractivity contribution >= 4 is 33.2 Å². The van der Waals surface area contributed by atoms with Crippen LogP contribution in [0.2, 0.25) is 5.02 Å². The predicted molar refractivity (Wildman–Crippen MR) is 116 cm³/mol. The highest BCUT2D eigenvalue weighted by Gasteiger charge is 2.31. The number of halogens is 1. The molecule has 0 saturated carbocycles. The van der Waals surface area contributed by atoms with E-state index in [1.165, 1.54) is 24.3 Å². The van der Waals surface area contributed by atoms with Gasteiger partial charge in [-0.25, -0.2) is 8.42 Å². The number of sulfonamides is 1. The molecule has 0 unspecified atom stereocenters. The molecule has 0 atom stereocenters. The Balaban J connectivity index is 1.94. The molecule has 0 N–H and O–H groups in total.